The Morgan fingerprint density at radius 3 is 2.11 bits per heavy atom. The summed E-state index contributed by atoms with van der Waals surface area (Å²) in [6.45, 7) is 0.543. The number of rotatable bonds is 6. The summed E-state index contributed by atoms with van der Waals surface area (Å²) >= 11 is 0. The Balaban J connectivity index is 2.22. The molecule has 19 heavy (non-hydrogen) atoms. The first kappa shape index (κ1) is 13.0. The number of hydrogen-bond acceptors (Lipinski definition) is 6. The molecule has 102 valence electrons. The first-order valence-electron chi connectivity index (χ1n) is 5.66. The predicted octanol–water partition coefficient (Wildman–Crippen LogP) is 1.05. The lowest BCUT2D eigenvalue weighted by molar-refractivity contribution is 0.347. The van der Waals surface area contributed by atoms with Crippen molar-refractivity contribution >= 4 is 0 Å². The van der Waals surface area contributed by atoms with Gasteiger partial charge in [-0.2, -0.15) is 0 Å². The number of ether oxygens (including phenoxy) is 3. The van der Waals surface area contributed by atoms with Gasteiger partial charge in [0.1, 0.15) is 18.4 Å². The SMILES string of the molecule is COc1cc(OC)c(OC)cc1CNn1cnnc1. The second-order valence-corrected chi connectivity index (χ2v) is 3.72. The van der Waals surface area contributed by atoms with Gasteiger partial charge in [-0.1, -0.05) is 0 Å². The Bertz CT molecular complexity index is 528. The first-order chi connectivity index (χ1) is 9.28. The highest BCUT2D eigenvalue weighted by molar-refractivity contribution is 5.50. The molecule has 0 bridgehead atoms. The summed E-state index contributed by atoms with van der Waals surface area (Å²) in [5.74, 6) is 2.01. The van der Waals surface area contributed by atoms with E-state index in [0.29, 0.717) is 18.0 Å². The van der Waals surface area contributed by atoms with Gasteiger partial charge in [0, 0.05) is 11.6 Å². The van der Waals surface area contributed by atoms with Gasteiger partial charge in [0.05, 0.1) is 27.9 Å². The molecule has 0 radical (unpaired) electrons. The summed E-state index contributed by atoms with van der Waals surface area (Å²) in [6.07, 6.45) is 3.15. The lowest BCUT2D eigenvalue weighted by atomic mass is 10.1. The molecule has 1 heterocycles. The molecule has 0 aliphatic rings. The van der Waals surface area contributed by atoms with E-state index in [0.717, 1.165) is 11.3 Å². The molecule has 0 saturated heterocycles. The fourth-order valence-electron chi connectivity index (χ4n) is 1.69. The van der Waals surface area contributed by atoms with E-state index in [1.807, 2.05) is 6.07 Å². The summed E-state index contributed by atoms with van der Waals surface area (Å²) in [5, 5.41) is 7.43. The van der Waals surface area contributed by atoms with Crippen molar-refractivity contribution in [3.8, 4) is 17.2 Å². The summed E-state index contributed by atoms with van der Waals surface area (Å²) in [5.41, 5.74) is 4.06. The molecule has 0 aliphatic carbocycles. The van der Waals surface area contributed by atoms with Gasteiger partial charge in [-0.25, -0.2) is 4.68 Å². The maximum absolute atomic E-state index is 5.34. The first-order valence-corrected chi connectivity index (χ1v) is 5.66. The van der Waals surface area contributed by atoms with E-state index in [9.17, 15) is 0 Å². The molecule has 0 atom stereocenters. The Morgan fingerprint density at radius 1 is 0.947 bits per heavy atom. The molecule has 1 aromatic heterocycles. The Labute approximate surface area is 111 Å². The highest BCUT2D eigenvalue weighted by Gasteiger charge is 2.11. The minimum Gasteiger partial charge on any atom is -0.496 e. The Hall–Kier alpha value is -2.44. The van der Waals surface area contributed by atoms with Crippen molar-refractivity contribution in [3.63, 3.8) is 0 Å². The molecule has 0 unspecified atom stereocenters. The van der Waals surface area contributed by atoms with Crippen LogP contribution in [0.25, 0.3) is 0 Å². The van der Waals surface area contributed by atoms with Crippen LogP contribution in [0.1, 0.15) is 5.56 Å². The second kappa shape index (κ2) is 5.94. The van der Waals surface area contributed by atoms with E-state index >= 15 is 0 Å². The topological polar surface area (TPSA) is 70.4 Å². The van der Waals surface area contributed by atoms with Crippen LogP contribution >= 0.6 is 0 Å². The van der Waals surface area contributed by atoms with Crippen molar-refractivity contribution in [3.05, 3.63) is 30.4 Å². The highest BCUT2D eigenvalue weighted by Crippen LogP contribution is 2.34. The summed E-state index contributed by atoms with van der Waals surface area (Å²) < 4.78 is 17.5. The van der Waals surface area contributed by atoms with Crippen molar-refractivity contribution in [1.82, 2.24) is 14.9 Å². The third kappa shape index (κ3) is 2.87. The molecule has 2 rings (SSSR count). The molecular weight excluding hydrogens is 248 g/mol. The van der Waals surface area contributed by atoms with E-state index in [1.54, 1.807) is 44.7 Å². The number of hydrogen-bond donors (Lipinski definition) is 1. The van der Waals surface area contributed by atoms with Gasteiger partial charge in [-0.05, 0) is 6.07 Å². The zero-order chi connectivity index (χ0) is 13.7. The minimum atomic E-state index is 0.543. The lowest BCUT2D eigenvalue weighted by Crippen LogP contribution is -2.13. The molecule has 0 fully saturated rings. The fourth-order valence-corrected chi connectivity index (χ4v) is 1.69. The third-order valence-corrected chi connectivity index (χ3v) is 2.66. The van der Waals surface area contributed by atoms with E-state index in [1.165, 1.54) is 0 Å². The van der Waals surface area contributed by atoms with Crippen molar-refractivity contribution < 1.29 is 14.2 Å². The van der Waals surface area contributed by atoms with Gasteiger partial charge in [-0.15, -0.1) is 10.2 Å². The molecule has 7 nitrogen and oxygen atoms in total. The van der Waals surface area contributed by atoms with E-state index < -0.39 is 0 Å². The number of nitrogens with one attached hydrogen (secondary N) is 1. The van der Waals surface area contributed by atoms with Crippen molar-refractivity contribution in [2.45, 2.75) is 6.54 Å². The summed E-state index contributed by atoms with van der Waals surface area (Å²) in [6, 6.07) is 3.66. The number of aromatic nitrogens is 3. The molecular formula is C12H16N4O3. The molecule has 0 saturated carbocycles. The molecule has 1 N–H and O–H groups in total. The molecule has 0 amide bonds. The fraction of sp³-hybridized carbons (Fsp3) is 0.333. The van der Waals surface area contributed by atoms with E-state index in [4.69, 9.17) is 14.2 Å². The number of nitrogens with zero attached hydrogens (tertiary/aromatic N) is 3. The highest BCUT2D eigenvalue weighted by atomic mass is 16.5. The van der Waals surface area contributed by atoms with Crippen LogP contribution in [0, 0.1) is 0 Å². The predicted molar refractivity (Wildman–Crippen MR) is 69.2 cm³/mol. The minimum absolute atomic E-state index is 0.543. The molecule has 0 aliphatic heterocycles. The van der Waals surface area contributed by atoms with Gasteiger partial charge in [0.25, 0.3) is 0 Å². The van der Waals surface area contributed by atoms with Gasteiger partial charge in [0.15, 0.2) is 11.5 Å². The summed E-state index contributed by atoms with van der Waals surface area (Å²) in [7, 11) is 4.80. The molecule has 7 heteroatoms. The van der Waals surface area contributed by atoms with E-state index in [-0.39, 0.29) is 0 Å². The van der Waals surface area contributed by atoms with Crippen LogP contribution in [-0.4, -0.2) is 36.2 Å². The maximum Gasteiger partial charge on any atom is 0.164 e. The average molecular weight is 264 g/mol. The molecule has 0 spiro atoms. The average Bonchev–Trinajstić information content (AvgIpc) is 2.97. The molecule has 2 aromatic rings. The van der Waals surface area contributed by atoms with Crippen molar-refractivity contribution in [1.29, 1.82) is 0 Å². The standard InChI is InChI=1S/C12H16N4O3/c1-17-10-5-12(19-3)11(18-2)4-9(10)6-15-16-7-13-14-8-16/h4-5,7-8,15H,6H2,1-3H3. The second-order valence-electron chi connectivity index (χ2n) is 3.72. The van der Waals surface area contributed by atoms with Crippen LogP contribution in [0.15, 0.2) is 24.8 Å². The summed E-state index contributed by atoms with van der Waals surface area (Å²) in [4.78, 5) is 0. The van der Waals surface area contributed by atoms with Crippen LogP contribution in [0.4, 0.5) is 0 Å². The Morgan fingerprint density at radius 2 is 1.53 bits per heavy atom. The largest absolute Gasteiger partial charge is 0.496 e. The zero-order valence-electron chi connectivity index (χ0n) is 11.1. The van der Waals surface area contributed by atoms with Crippen LogP contribution in [0.5, 0.6) is 17.2 Å². The van der Waals surface area contributed by atoms with Gasteiger partial charge in [-0.3, -0.25) is 0 Å². The van der Waals surface area contributed by atoms with E-state index in [2.05, 4.69) is 15.6 Å². The lowest BCUT2D eigenvalue weighted by Gasteiger charge is -2.14. The van der Waals surface area contributed by atoms with Crippen molar-refractivity contribution in [2.75, 3.05) is 26.8 Å². The third-order valence-electron chi connectivity index (χ3n) is 2.66. The van der Waals surface area contributed by atoms with Gasteiger partial charge in [0.2, 0.25) is 0 Å². The number of benzene rings is 1. The normalized spacial score (nSPS) is 10.1. The van der Waals surface area contributed by atoms with Crippen LogP contribution < -0.4 is 19.6 Å². The van der Waals surface area contributed by atoms with Crippen molar-refractivity contribution in [2.24, 2.45) is 0 Å². The number of methoxy groups -OCH3 is 3. The monoisotopic (exact) mass is 264 g/mol. The van der Waals surface area contributed by atoms with Gasteiger partial charge >= 0.3 is 0 Å². The van der Waals surface area contributed by atoms with Crippen LogP contribution in [0.3, 0.4) is 0 Å². The Kier molecular flexibility index (Phi) is 4.07. The van der Waals surface area contributed by atoms with Gasteiger partial charge < -0.3 is 19.6 Å². The maximum atomic E-state index is 5.34. The van der Waals surface area contributed by atoms with Crippen LogP contribution in [-0.2, 0) is 6.54 Å². The van der Waals surface area contributed by atoms with Crippen LogP contribution in [0.2, 0.25) is 0 Å². The zero-order valence-corrected chi connectivity index (χ0v) is 11.1. The molecule has 1 aromatic carbocycles. The smallest absolute Gasteiger partial charge is 0.164 e. The quantitative estimate of drug-likeness (QED) is 0.841.